The Bertz CT molecular complexity index is 75.5. The highest BCUT2D eigenvalue weighted by Crippen LogP contribution is 1.93. The van der Waals surface area contributed by atoms with E-state index >= 15 is 0 Å². The van der Waals surface area contributed by atoms with Crippen LogP contribution in [0.2, 0.25) is 0 Å². The number of hydroxylamine groups is 1. The van der Waals surface area contributed by atoms with E-state index in [1.807, 2.05) is 6.92 Å². The minimum absolute atomic E-state index is 0.223. The minimum atomic E-state index is 0.223. The highest BCUT2D eigenvalue weighted by Gasteiger charge is 1.97. The van der Waals surface area contributed by atoms with E-state index in [2.05, 4.69) is 17.2 Å². The van der Waals surface area contributed by atoms with Crippen LogP contribution in [-0.2, 0) is 4.84 Å². The van der Waals surface area contributed by atoms with Gasteiger partial charge in [0.1, 0.15) is 0 Å². The molecule has 0 amide bonds. The first-order chi connectivity index (χ1) is 4.31. The van der Waals surface area contributed by atoms with Crippen molar-refractivity contribution in [3.63, 3.8) is 0 Å². The first-order valence-electron chi connectivity index (χ1n) is 3.06. The Morgan fingerprint density at radius 1 is 1.78 bits per heavy atom. The molecule has 1 N–H and O–H groups in total. The predicted molar refractivity (Wildman–Crippen MR) is 38.6 cm³/mol. The van der Waals surface area contributed by atoms with Crippen LogP contribution in [0, 0.1) is 0 Å². The smallest absolute Gasteiger partial charge is 0.0779 e. The second-order valence-corrected chi connectivity index (χ2v) is 1.87. The van der Waals surface area contributed by atoms with Crippen molar-refractivity contribution < 1.29 is 4.84 Å². The quantitative estimate of drug-likeness (QED) is 0.437. The molecule has 1 atom stereocenters. The van der Waals surface area contributed by atoms with Gasteiger partial charge in [-0.25, -0.2) is 5.48 Å². The normalized spacial score (nSPS) is 13.1. The predicted octanol–water partition coefficient (Wildman–Crippen LogP) is 0.617. The first kappa shape index (κ1) is 8.59. The summed E-state index contributed by atoms with van der Waals surface area (Å²) in [5, 5.41) is 0. The van der Waals surface area contributed by atoms with Crippen molar-refractivity contribution >= 4 is 6.72 Å². The molecule has 0 aromatic rings. The molecule has 0 radical (unpaired) electrons. The van der Waals surface area contributed by atoms with Gasteiger partial charge in [0, 0.05) is 13.6 Å². The molecule has 0 fully saturated rings. The Labute approximate surface area is 56.1 Å². The van der Waals surface area contributed by atoms with Crippen LogP contribution >= 0.6 is 0 Å². The maximum atomic E-state index is 5.01. The summed E-state index contributed by atoms with van der Waals surface area (Å²) in [5.41, 5.74) is 2.61. The molecular weight excluding hydrogens is 116 g/mol. The van der Waals surface area contributed by atoms with Gasteiger partial charge < -0.3 is 4.99 Å². The number of hydrogen-bond acceptors (Lipinski definition) is 3. The molecule has 0 spiro atoms. The fraction of sp³-hybridized carbons (Fsp3) is 0.833. The summed E-state index contributed by atoms with van der Waals surface area (Å²) in [4.78, 5) is 8.71. The summed E-state index contributed by atoms with van der Waals surface area (Å²) in [6.45, 7) is 6.12. The minimum Gasteiger partial charge on any atom is -0.301 e. The zero-order valence-corrected chi connectivity index (χ0v) is 6.05. The van der Waals surface area contributed by atoms with Crippen molar-refractivity contribution in [3.8, 4) is 0 Å². The zero-order valence-electron chi connectivity index (χ0n) is 6.05. The summed E-state index contributed by atoms with van der Waals surface area (Å²) in [6, 6.07) is 0. The number of nitrogens with zero attached hydrogens (tertiary/aromatic N) is 1. The third-order valence-corrected chi connectivity index (χ3v) is 1.01. The van der Waals surface area contributed by atoms with Gasteiger partial charge in [0.15, 0.2) is 0 Å². The molecule has 0 aliphatic rings. The first-order valence-corrected chi connectivity index (χ1v) is 3.06. The van der Waals surface area contributed by atoms with Gasteiger partial charge in [-0.05, 0) is 20.1 Å². The molecule has 3 heteroatoms. The molecule has 1 unspecified atom stereocenters. The van der Waals surface area contributed by atoms with Gasteiger partial charge >= 0.3 is 0 Å². The van der Waals surface area contributed by atoms with Crippen LogP contribution in [0.25, 0.3) is 0 Å². The van der Waals surface area contributed by atoms with Crippen LogP contribution < -0.4 is 5.48 Å². The second kappa shape index (κ2) is 5.72. The molecule has 0 saturated carbocycles. The molecule has 54 valence electrons. The SMILES string of the molecule is C=NCCC(C)ONC. The molecule has 9 heavy (non-hydrogen) atoms. The fourth-order valence-corrected chi connectivity index (χ4v) is 0.533. The van der Waals surface area contributed by atoms with Crippen LogP contribution in [-0.4, -0.2) is 26.4 Å². The van der Waals surface area contributed by atoms with Gasteiger partial charge in [-0.1, -0.05) is 0 Å². The maximum Gasteiger partial charge on any atom is 0.0779 e. The third kappa shape index (κ3) is 5.46. The van der Waals surface area contributed by atoms with Crippen molar-refractivity contribution in [1.82, 2.24) is 5.48 Å². The average Bonchev–Trinajstić information content (AvgIpc) is 1.85. The van der Waals surface area contributed by atoms with Crippen molar-refractivity contribution in [2.45, 2.75) is 19.4 Å². The number of hydrogen-bond donors (Lipinski definition) is 1. The molecule has 0 aromatic carbocycles. The Kier molecular flexibility index (Phi) is 5.46. The maximum absolute atomic E-state index is 5.01. The van der Waals surface area contributed by atoms with Gasteiger partial charge in [0.2, 0.25) is 0 Å². The molecule has 3 nitrogen and oxygen atoms in total. The van der Waals surface area contributed by atoms with E-state index in [9.17, 15) is 0 Å². The summed E-state index contributed by atoms with van der Waals surface area (Å²) >= 11 is 0. The van der Waals surface area contributed by atoms with E-state index in [1.54, 1.807) is 7.05 Å². The fourth-order valence-electron chi connectivity index (χ4n) is 0.533. The van der Waals surface area contributed by atoms with Gasteiger partial charge in [-0.2, -0.15) is 0 Å². The Morgan fingerprint density at radius 2 is 2.44 bits per heavy atom. The van der Waals surface area contributed by atoms with Crippen molar-refractivity contribution in [2.24, 2.45) is 4.99 Å². The Morgan fingerprint density at radius 3 is 2.89 bits per heavy atom. The lowest BCUT2D eigenvalue weighted by Gasteiger charge is -2.08. The van der Waals surface area contributed by atoms with E-state index in [0.717, 1.165) is 13.0 Å². The van der Waals surface area contributed by atoms with Crippen LogP contribution in [0.4, 0.5) is 0 Å². The highest BCUT2D eigenvalue weighted by molar-refractivity contribution is 5.23. The molecule has 0 saturated heterocycles. The van der Waals surface area contributed by atoms with E-state index in [-0.39, 0.29) is 6.10 Å². The second-order valence-electron chi connectivity index (χ2n) is 1.87. The monoisotopic (exact) mass is 130 g/mol. The molecule has 0 rings (SSSR count). The van der Waals surface area contributed by atoms with Gasteiger partial charge in [-0.3, -0.25) is 4.84 Å². The molecule has 0 aliphatic heterocycles. The standard InChI is InChI=1S/C6H14N2O/c1-6(9-8-3)4-5-7-2/h6,8H,2,4-5H2,1,3H3. The Balaban J connectivity index is 3.04. The van der Waals surface area contributed by atoms with Crippen molar-refractivity contribution in [3.05, 3.63) is 0 Å². The van der Waals surface area contributed by atoms with Gasteiger partial charge in [-0.15, -0.1) is 0 Å². The summed E-state index contributed by atoms with van der Waals surface area (Å²) in [6.07, 6.45) is 1.14. The molecule has 0 bridgehead atoms. The van der Waals surface area contributed by atoms with Crippen LogP contribution in [0.15, 0.2) is 4.99 Å². The Hall–Kier alpha value is -0.410. The van der Waals surface area contributed by atoms with Crippen LogP contribution in [0.5, 0.6) is 0 Å². The summed E-state index contributed by atoms with van der Waals surface area (Å²) < 4.78 is 0. The van der Waals surface area contributed by atoms with Crippen molar-refractivity contribution in [1.29, 1.82) is 0 Å². The topological polar surface area (TPSA) is 33.6 Å². The third-order valence-electron chi connectivity index (χ3n) is 1.01. The lowest BCUT2D eigenvalue weighted by Crippen LogP contribution is -2.18. The van der Waals surface area contributed by atoms with E-state index in [0.29, 0.717) is 0 Å². The average molecular weight is 130 g/mol. The summed E-state index contributed by atoms with van der Waals surface area (Å²) in [7, 11) is 1.75. The lowest BCUT2D eigenvalue weighted by molar-refractivity contribution is -0.00392. The number of rotatable bonds is 5. The summed E-state index contributed by atoms with van der Waals surface area (Å²) in [5.74, 6) is 0. The van der Waals surface area contributed by atoms with E-state index in [4.69, 9.17) is 4.84 Å². The molecule has 0 aromatic heterocycles. The highest BCUT2D eigenvalue weighted by atomic mass is 16.7. The van der Waals surface area contributed by atoms with E-state index in [1.165, 1.54) is 0 Å². The van der Waals surface area contributed by atoms with Crippen LogP contribution in [0.1, 0.15) is 13.3 Å². The number of nitrogens with one attached hydrogen (secondary N) is 1. The molecule has 0 aliphatic carbocycles. The molecule has 0 heterocycles. The van der Waals surface area contributed by atoms with Crippen LogP contribution in [0.3, 0.4) is 0 Å². The van der Waals surface area contributed by atoms with Gasteiger partial charge in [0.05, 0.1) is 6.10 Å². The van der Waals surface area contributed by atoms with Gasteiger partial charge in [0.25, 0.3) is 0 Å². The lowest BCUT2D eigenvalue weighted by atomic mass is 10.3. The zero-order chi connectivity index (χ0) is 7.11. The van der Waals surface area contributed by atoms with Crippen molar-refractivity contribution in [2.75, 3.05) is 13.6 Å². The molecular formula is C6H14N2O. The number of aliphatic imine (C=N–C) groups is 1. The largest absolute Gasteiger partial charge is 0.301 e. The van der Waals surface area contributed by atoms with E-state index < -0.39 is 0 Å².